The van der Waals surface area contributed by atoms with Crippen molar-refractivity contribution < 1.29 is 9.59 Å². The SMILES string of the molecule is Cc1cccc(CN2C(=O)C(=O)c3ccccc32)n1. The van der Waals surface area contributed by atoms with Gasteiger partial charge in [0.05, 0.1) is 23.5 Å². The van der Waals surface area contributed by atoms with Crippen LogP contribution in [-0.2, 0) is 11.3 Å². The molecular weight excluding hydrogens is 240 g/mol. The molecule has 2 aromatic rings. The Hall–Kier alpha value is -2.49. The Morgan fingerprint density at radius 3 is 2.63 bits per heavy atom. The summed E-state index contributed by atoms with van der Waals surface area (Å²) in [5.74, 6) is -0.923. The van der Waals surface area contributed by atoms with E-state index in [1.54, 1.807) is 18.2 Å². The second-order valence-corrected chi connectivity index (χ2v) is 4.51. The third-order valence-electron chi connectivity index (χ3n) is 3.14. The number of benzene rings is 1. The highest BCUT2D eigenvalue weighted by atomic mass is 16.2. The van der Waals surface area contributed by atoms with Gasteiger partial charge in [-0.15, -0.1) is 0 Å². The van der Waals surface area contributed by atoms with Crippen LogP contribution in [0, 0.1) is 6.92 Å². The number of ketones is 1. The number of rotatable bonds is 2. The van der Waals surface area contributed by atoms with Crippen molar-refractivity contribution in [2.75, 3.05) is 4.90 Å². The Morgan fingerprint density at radius 2 is 1.84 bits per heavy atom. The molecule has 2 heterocycles. The molecule has 0 fully saturated rings. The Morgan fingerprint density at radius 1 is 1.05 bits per heavy atom. The summed E-state index contributed by atoms with van der Waals surface area (Å²) in [4.78, 5) is 29.7. The van der Waals surface area contributed by atoms with Crippen LogP contribution in [-0.4, -0.2) is 16.7 Å². The van der Waals surface area contributed by atoms with Crippen LogP contribution in [0.5, 0.6) is 0 Å². The molecule has 94 valence electrons. The predicted octanol–water partition coefficient (Wildman–Crippen LogP) is 2.12. The Balaban J connectivity index is 1.98. The molecule has 1 aromatic carbocycles. The van der Waals surface area contributed by atoms with Crippen molar-refractivity contribution in [1.29, 1.82) is 0 Å². The van der Waals surface area contributed by atoms with E-state index in [9.17, 15) is 9.59 Å². The fourth-order valence-corrected chi connectivity index (χ4v) is 2.25. The minimum Gasteiger partial charge on any atom is -0.299 e. The maximum absolute atomic E-state index is 12.0. The lowest BCUT2D eigenvalue weighted by atomic mass is 10.1. The van der Waals surface area contributed by atoms with E-state index in [0.717, 1.165) is 11.4 Å². The van der Waals surface area contributed by atoms with Gasteiger partial charge in [-0.2, -0.15) is 0 Å². The maximum Gasteiger partial charge on any atom is 0.299 e. The maximum atomic E-state index is 12.0. The van der Waals surface area contributed by atoms with Crippen molar-refractivity contribution in [2.24, 2.45) is 0 Å². The first-order valence-corrected chi connectivity index (χ1v) is 6.04. The first kappa shape index (κ1) is 11.6. The third-order valence-corrected chi connectivity index (χ3v) is 3.14. The van der Waals surface area contributed by atoms with Gasteiger partial charge in [-0.25, -0.2) is 0 Å². The van der Waals surface area contributed by atoms with E-state index >= 15 is 0 Å². The number of nitrogens with zero attached hydrogens (tertiary/aromatic N) is 2. The van der Waals surface area contributed by atoms with Crippen molar-refractivity contribution in [2.45, 2.75) is 13.5 Å². The molecule has 0 aliphatic carbocycles. The molecule has 4 nitrogen and oxygen atoms in total. The van der Waals surface area contributed by atoms with Gasteiger partial charge in [-0.1, -0.05) is 18.2 Å². The molecule has 1 aliphatic rings. The van der Waals surface area contributed by atoms with E-state index in [0.29, 0.717) is 17.8 Å². The molecule has 19 heavy (non-hydrogen) atoms. The zero-order valence-corrected chi connectivity index (χ0v) is 10.5. The van der Waals surface area contributed by atoms with Crippen LogP contribution in [0.1, 0.15) is 21.7 Å². The van der Waals surface area contributed by atoms with Gasteiger partial charge in [0.25, 0.3) is 11.7 Å². The molecule has 1 aromatic heterocycles. The Labute approximate surface area is 110 Å². The number of para-hydroxylation sites is 1. The van der Waals surface area contributed by atoms with Crippen LogP contribution in [0.2, 0.25) is 0 Å². The van der Waals surface area contributed by atoms with Gasteiger partial charge < -0.3 is 0 Å². The quantitative estimate of drug-likeness (QED) is 0.769. The van der Waals surface area contributed by atoms with Crippen LogP contribution < -0.4 is 4.90 Å². The lowest BCUT2D eigenvalue weighted by molar-refractivity contribution is -0.114. The van der Waals surface area contributed by atoms with Crippen LogP contribution in [0.3, 0.4) is 0 Å². The zero-order valence-electron chi connectivity index (χ0n) is 10.5. The fourth-order valence-electron chi connectivity index (χ4n) is 2.25. The van der Waals surface area contributed by atoms with Gasteiger partial charge in [-0.05, 0) is 31.2 Å². The number of carbonyl (C=O) groups is 2. The number of Topliss-reactive ketones (excluding diaryl/α,β-unsaturated/α-hetero) is 1. The van der Waals surface area contributed by atoms with Gasteiger partial charge in [0.2, 0.25) is 0 Å². The number of anilines is 1. The number of hydrogen-bond donors (Lipinski definition) is 0. The van der Waals surface area contributed by atoms with Crippen molar-refractivity contribution in [3.05, 3.63) is 59.4 Å². The summed E-state index contributed by atoms with van der Waals surface area (Å²) in [5, 5.41) is 0. The Kier molecular flexibility index (Phi) is 2.63. The van der Waals surface area contributed by atoms with Crippen molar-refractivity contribution >= 4 is 17.4 Å². The van der Waals surface area contributed by atoms with E-state index in [-0.39, 0.29) is 0 Å². The lowest BCUT2D eigenvalue weighted by Crippen LogP contribution is -2.29. The monoisotopic (exact) mass is 252 g/mol. The molecule has 0 saturated carbocycles. The highest BCUT2D eigenvalue weighted by Crippen LogP contribution is 2.29. The number of aromatic nitrogens is 1. The molecule has 4 heteroatoms. The molecule has 0 radical (unpaired) electrons. The molecule has 0 spiro atoms. The van der Waals surface area contributed by atoms with Crippen LogP contribution >= 0.6 is 0 Å². The second kappa shape index (κ2) is 4.31. The van der Waals surface area contributed by atoms with Gasteiger partial charge in [-0.3, -0.25) is 19.5 Å². The van der Waals surface area contributed by atoms with Gasteiger partial charge in [0.1, 0.15) is 0 Å². The van der Waals surface area contributed by atoms with E-state index < -0.39 is 11.7 Å². The molecule has 0 unspecified atom stereocenters. The van der Waals surface area contributed by atoms with Crippen molar-refractivity contribution in [3.8, 4) is 0 Å². The molecule has 0 atom stereocenters. The van der Waals surface area contributed by atoms with Crippen LogP contribution in [0.4, 0.5) is 5.69 Å². The summed E-state index contributed by atoms with van der Waals surface area (Å²) in [7, 11) is 0. The molecular formula is C15H12N2O2. The highest BCUT2D eigenvalue weighted by Gasteiger charge is 2.35. The summed E-state index contributed by atoms with van der Waals surface area (Å²) in [5.41, 5.74) is 2.81. The largest absolute Gasteiger partial charge is 0.299 e. The van der Waals surface area contributed by atoms with E-state index in [1.165, 1.54) is 4.90 Å². The lowest BCUT2D eigenvalue weighted by Gasteiger charge is -2.16. The first-order chi connectivity index (χ1) is 9.16. The summed E-state index contributed by atoms with van der Waals surface area (Å²) >= 11 is 0. The predicted molar refractivity (Wildman–Crippen MR) is 70.9 cm³/mol. The number of hydrogen-bond acceptors (Lipinski definition) is 3. The number of pyridine rings is 1. The highest BCUT2D eigenvalue weighted by molar-refractivity contribution is 6.52. The standard InChI is InChI=1S/C15H12N2O2/c1-10-5-4-6-11(16-10)9-17-13-8-3-2-7-12(13)14(18)15(17)19/h2-8H,9H2,1H3. The van der Waals surface area contributed by atoms with Gasteiger partial charge >= 0.3 is 0 Å². The number of aryl methyl sites for hydroxylation is 1. The second-order valence-electron chi connectivity index (χ2n) is 4.51. The summed E-state index contributed by atoms with van der Waals surface area (Å²) in [6.07, 6.45) is 0. The summed E-state index contributed by atoms with van der Waals surface area (Å²) in [6.45, 7) is 2.22. The van der Waals surface area contributed by atoms with Crippen LogP contribution in [0.25, 0.3) is 0 Å². The summed E-state index contributed by atoms with van der Waals surface area (Å²) in [6, 6.07) is 12.7. The average molecular weight is 252 g/mol. The Bertz CT molecular complexity index is 679. The zero-order chi connectivity index (χ0) is 13.4. The molecule has 0 bridgehead atoms. The van der Waals surface area contributed by atoms with Gasteiger partial charge in [0.15, 0.2) is 0 Å². The normalized spacial score (nSPS) is 13.8. The molecule has 1 aliphatic heterocycles. The molecule has 1 amide bonds. The van der Waals surface area contributed by atoms with Gasteiger partial charge in [0, 0.05) is 5.69 Å². The third kappa shape index (κ3) is 1.91. The van der Waals surface area contributed by atoms with Crippen LogP contribution in [0.15, 0.2) is 42.5 Å². The van der Waals surface area contributed by atoms with E-state index in [1.807, 2.05) is 31.2 Å². The van der Waals surface area contributed by atoms with E-state index in [2.05, 4.69) is 4.98 Å². The molecule has 0 saturated heterocycles. The molecule has 0 N–H and O–H groups in total. The number of carbonyl (C=O) groups excluding carboxylic acids is 2. The smallest absolute Gasteiger partial charge is 0.299 e. The van der Waals surface area contributed by atoms with Crippen molar-refractivity contribution in [1.82, 2.24) is 4.98 Å². The molecule has 3 rings (SSSR count). The van der Waals surface area contributed by atoms with Crippen molar-refractivity contribution in [3.63, 3.8) is 0 Å². The minimum atomic E-state index is -0.482. The summed E-state index contributed by atoms with van der Waals surface area (Å²) < 4.78 is 0. The number of fused-ring (bicyclic) bond motifs is 1. The average Bonchev–Trinajstić information content (AvgIpc) is 2.65. The topological polar surface area (TPSA) is 50.3 Å². The number of amides is 1. The minimum absolute atomic E-state index is 0.323. The fraction of sp³-hybridized carbons (Fsp3) is 0.133. The first-order valence-electron chi connectivity index (χ1n) is 6.04. The van der Waals surface area contributed by atoms with E-state index in [4.69, 9.17) is 0 Å².